The van der Waals surface area contributed by atoms with Gasteiger partial charge >= 0.3 is 0 Å². The minimum Gasteiger partial charge on any atom is -0.383 e. The molecule has 2 heterocycles. The summed E-state index contributed by atoms with van der Waals surface area (Å²) in [5.74, 6) is -0.0606. The Balaban J connectivity index is 1.89. The van der Waals surface area contributed by atoms with E-state index >= 15 is 0 Å². The minimum atomic E-state index is -0.0731. The molecular formula is C13H21N3O3. The van der Waals surface area contributed by atoms with Crippen LogP contribution in [0, 0.1) is 5.92 Å². The van der Waals surface area contributed by atoms with Crippen molar-refractivity contribution >= 4 is 11.6 Å². The van der Waals surface area contributed by atoms with Crippen LogP contribution in [-0.4, -0.2) is 42.1 Å². The molecule has 0 aromatic carbocycles. The van der Waals surface area contributed by atoms with Gasteiger partial charge in [0.1, 0.15) is 0 Å². The molecular weight excluding hydrogens is 246 g/mol. The maximum Gasteiger partial charge on any atom is 0.230 e. The second kappa shape index (κ2) is 6.68. The summed E-state index contributed by atoms with van der Waals surface area (Å²) in [5, 5.41) is 7.06. The van der Waals surface area contributed by atoms with Gasteiger partial charge < -0.3 is 14.8 Å². The van der Waals surface area contributed by atoms with Crippen molar-refractivity contribution in [3.05, 3.63) is 12.4 Å². The van der Waals surface area contributed by atoms with Gasteiger partial charge in [-0.15, -0.1) is 0 Å². The number of hydrogen-bond acceptors (Lipinski definition) is 4. The average molecular weight is 267 g/mol. The lowest BCUT2D eigenvalue weighted by Gasteiger charge is -2.27. The van der Waals surface area contributed by atoms with Crippen LogP contribution < -0.4 is 5.32 Å². The molecule has 0 unspecified atom stereocenters. The van der Waals surface area contributed by atoms with Crippen LogP contribution in [0.2, 0.25) is 0 Å². The third-order valence-corrected chi connectivity index (χ3v) is 3.37. The van der Waals surface area contributed by atoms with Crippen LogP contribution in [0.1, 0.15) is 19.8 Å². The average Bonchev–Trinajstić information content (AvgIpc) is 2.84. The smallest absolute Gasteiger partial charge is 0.230 e. The fraction of sp³-hybridized carbons (Fsp3) is 0.692. The molecule has 0 aliphatic carbocycles. The molecule has 6 heteroatoms. The Morgan fingerprint density at radius 1 is 1.68 bits per heavy atom. The van der Waals surface area contributed by atoms with Crippen molar-refractivity contribution in [2.24, 2.45) is 5.92 Å². The molecule has 0 radical (unpaired) electrons. The fourth-order valence-corrected chi connectivity index (χ4v) is 2.24. The van der Waals surface area contributed by atoms with Crippen LogP contribution >= 0.6 is 0 Å². The monoisotopic (exact) mass is 267 g/mol. The van der Waals surface area contributed by atoms with E-state index in [1.807, 2.05) is 13.1 Å². The molecule has 1 aromatic rings. The zero-order chi connectivity index (χ0) is 13.7. The summed E-state index contributed by atoms with van der Waals surface area (Å²) in [5.41, 5.74) is 0.721. The molecule has 2 atom stereocenters. The first-order chi connectivity index (χ1) is 9.20. The van der Waals surface area contributed by atoms with Crippen LogP contribution in [0.15, 0.2) is 12.4 Å². The van der Waals surface area contributed by atoms with Crippen LogP contribution in [0.4, 0.5) is 5.69 Å². The van der Waals surface area contributed by atoms with Gasteiger partial charge in [-0.2, -0.15) is 5.10 Å². The van der Waals surface area contributed by atoms with Crippen molar-refractivity contribution < 1.29 is 14.3 Å². The van der Waals surface area contributed by atoms with Crippen molar-refractivity contribution in [1.82, 2.24) is 9.78 Å². The molecule has 0 saturated carbocycles. The van der Waals surface area contributed by atoms with Crippen LogP contribution in [-0.2, 0) is 20.8 Å². The molecule has 6 nitrogen and oxygen atoms in total. The number of hydrogen-bond donors (Lipinski definition) is 1. The largest absolute Gasteiger partial charge is 0.383 e. The molecule has 1 fully saturated rings. The molecule has 0 spiro atoms. The predicted molar refractivity (Wildman–Crippen MR) is 70.9 cm³/mol. The van der Waals surface area contributed by atoms with E-state index in [-0.39, 0.29) is 17.9 Å². The van der Waals surface area contributed by atoms with Crippen LogP contribution in [0.25, 0.3) is 0 Å². The van der Waals surface area contributed by atoms with Gasteiger partial charge in [-0.3, -0.25) is 9.48 Å². The normalized spacial score (nSPS) is 23.3. The summed E-state index contributed by atoms with van der Waals surface area (Å²) in [6.07, 6.45) is 5.27. The van der Waals surface area contributed by atoms with E-state index in [1.54, 1.807) is 18.0 Å². The number of ether oxygens (including phenoxy) is 2. The van der Waals surface area contributed by atoms with E-state index in [0.717, 1.165) is 25.1 Å². The molecule has 0 bridgehead atoms. The standard InChI is InChI=1S/C13H21N3O3/c1-10-12(4-3-6-19-10)13(17)15-11-8-14-16(9-11)5-7-18-2/h8-10,12H,3-7H2,1-2H3,(H,15,17)/t10-,12-/m0/s1. The predicted octanol–water partition coefficient (Wildman–Crippen LogP) is 1.28. The number of nitrogens with zero attached hydrogens (tertiary/aromatic N) is 2. The lowest BCUT2D eigenvalue weighted by Crippen LogP contribution is -2.36. The number of amides is 1. The Kier molecular flexibility index (Phi) is 4.93. The van der Waals surface area contributed by atoms with Crippen LogP contribution in [0.5, 0.6) is 0 Å². The second-order valence-corrected chi connectivity index (χ2v) is 4.80. The van der Waals surface area contributed by atoms with Crippen molar-refractivity contribution in [3.8, 4) is 0 Å². The molecule has 1 aliphatic heterocycles. The molecule has 1 amide bonds. The molecule has 1 aromatic heterocycles. The van der Waals surface area contributed by atoms with Crippen molar-refractivity contribution in [2.75, 3.05) is 25.6 Å². The quantitative estimate of drug-likeness (QED) is 0.873. The Labute approximate surface area is 113 Å². The minimum absolute atomic E-state index is 0.0125. The summed E-state index contributed by atoms with van der Waals surface area (Å²) in [6, 6.07) is 0. The Morgan fingerprint density at radius 3 is 3.26 bits per heavy atom. The van der Waals surface area contributed by atoms with E-state index in [0.29, 0.717) is 13.2 Å². The first-order valence-electron chi connectivity index (χ1n) is 6.64. The third-order valence-electron chi connectivity index (χ3n) is 3.37. The second-order valence-electron chi connectivity index (χ2n) is 4.80. The van der Waals surface area contributed by atoms with E-state index < -0.39 is 0 Å². The van der Waals surface area contributed by atoms with Gasteiger partial charge in [0.2, 0.25) is 5.91 Å². The summed E-state index contributed by atoms with van der Waals surface area (Å²) < 4.78 is 12.2. The number of carbonyl (C=O) groups is 1. The number of rotatable bonds is 5. The van der Waals surface area contributed by atoms with Crippen LogP contribution in [0.3, 0.4) is 0 Å². The van der Waals surface area contributed by atoms with E-state index in [4.69, 9.17) is 9.47 Å². The number of carbonyl (C=O) groups excluding carboxylic acids is 1. The number of methoxy groups -OCH3 is 1. The van der Waals surface area contributed by atoms with Gasteiger partial charge in [0.15, 0.2) is 0 Å². The van der Waals surface area contributed by atoms with Gasteiger partial charge in [0.25, 0.3) is 0 Å². The number of anilines is 1. The summed E-state index contributed by atoms with van der Waals surface area (Å²) in [7, 11) is 1.65. The first kappa shape index (κ1) is 14.0. The van der Waals surface area contributed by atoms with Gasteiger partial charge in [0.05, 0.1) is 37.1 Å². The van der Waals surface area contributed by atoms with Crippen molar-refractivity contribution in [3.63, 3.8) is 0 Å². The van der Waals surface area contributed by atoms with Gasteiger partial charge in [-0.25, -0.2) is 0 Å². The maximum atomic E-state index is 12.1. The lowest BCUT2D eigenvalue weighted by molar-refractivity contribution is -0.127. The topological polar surface area (TPSA) is 65.4 Å². The van der Waals surface area contributed by atoms with E-state index in [9.17, 15) is 4.79 Å². The highest BCUT2D eigenvalue weighted by atomic mass is 16.5. The van der Waals surface area contributed by atoms with Crippen molar-refractivity contribution in [2.45, 2.75) is 32.4 Å². The molecule has 1 N–H and O–H groups in total. The first-order valence-corrected chi connectivity index (χ1v) is 6.64. The molecule has 2 rings (SSSR count). The Morgan fingerprint density at radius 2 is 2.53 bits per heavy atom. The SMILES string of the molecule is COCCn1cc(NC(=O)[C@H]2CCCO[C@H]2C)cn1. The maximum absolute atomic E-state index is 12.1. The fourth-order valence-electron chi connectivity index (χ4n) is 2.24. The number of nitrogens with one attached hydrogen (secondary N) is 1. The van der Waals surface area contributed by atoms with E-state index in [1.165, 1.54) is 0 Å². The molecule has 1 aliphatic rings. The highest BCUT2D eigenvalue weighted by Gasteiger charge is 2.28. The summed E-state index contributed by atoms with van der Waals surface area (Å²) in [4.78, 5) is 12.1. The lowest BCUT2D eigenvalue weighted by atomic mass is 9.94. The zero-order valence-corrected chi connectivity index (χ0v) is 11.5. The van der Waals surface area contributed by atoms with Gasteiger partial charge in [0, 0.05) is 19.9 Å². The highest BCUT2D eigenvalue weighted by Crippen LogP contribution is 2.22. The van der Waals surface area contributed by atoms with Gasteiger partial charge in [-0.05, 0) is 19.8 Å². The van der Waals surface area contributed by atoms with Crippen molar-refractivity contribution in [1.29, 1.82) is 0 Å². The summed E-state index contributed by atoms with van der Waals surface area (Å²) in [6.45, 7) is 3.98. The van der Waals surface area contributed by atoms with E-state index in [2.05, 4.69) is 10.4 Å². The Bertz CT molecular complexity index is 419. The van der Waals surface area contributed by atoms with Gasteiger partial charge in [-0.1, -0.05) is 0 Å². The molecule has 106 valence electrons. The Hall–Kier alpha value is -1.40. The highest BCUT2D eigenvalue weighted by molar-refractivity contribution is 5.92. The molecule has 1 saturated heterocycles. The third kappa shape index (κ3) is 3.78. The number of aromatic nitrogens is 2. The zero-order valence-electron chi connectivity index (χ0n) is 11.5. The summed E-state index contributed by atoms with van der Waals surface area (Å²) >= 11 is 0. The molecule has 19 heavy (non-hydrogen) atoms.